The minimum Gasteiger partial charge on any atom is -0.325 e. The lowest BCUT2D eigenvalue weighted by Crippen LogP contribution is -2.54. The molecule has 0 saturated carbocycles. The summed E-state index contributed by atoms with van der Waals surface area (Å²) in [4.78, 5) is 14.2. The molecule has 98 valence electrons. The molecule has 0 spiro atoms. The first-order valence-corrected chi connectivity index (χ1v) is 6.43. The van der Waals surface area contributed by atoms with Gasteiger partial charge in [-0.05, 0) is 31.7 Å². The fourth-order valence-corrected chi connectivity index (χ4v) is 2.18. The molecule has 1 unspecified atom stereocenters. The van der Waals surface area contributed by atoms with E-state index in [0.29, 0.717) is 11.6 Å². The molecule has 0 bridgehead atoms. The number of carbonyl (C=O) groups is 1. The molecule has 4 nitrogen and oxygen atoms in total. The zero-order valence-electron chi connectivity index (χ0n) is 10.7. The fourth-order valence-electron chi connectivity index (χ4n) is 1.99. The summed E-state index contributed by atoms with van der Waals surface area (Å²) >= 11 is 6.04. The number of anilines is 1. The second-order valence-electron chi connectivity index (χ2n) is 4.65. The van der Waals surface area contributed by atoms with Crippen LogP contribution in [0.2, 0.25) is 5.02 Å². The number of likely N-dealkylation sites (N-methyl/N-ethyl adjacent to an activating group) is 1. The highest BCUT2D eigenvalue weighted by Crippen LogP contribution is 2.20. The van der Waals surface area contributed by atoms with Crippen LogP contribution in [0.1, 0.15) is 5.56 Å². The summed E-state index contributed by atoms with van der Waals surface area (Å²) in [5.74, 6) is 0.00428. The zero-order valence-corrected chi connectivity index (χ0v) is 11.4. The number of halogens is 1. The van der Waals surface area contributed by atoms with Crippen LogP contribution in [0.4, 0.5) is 5.69 Å². The number of amides is 1. The Morgan fingerprint density at radius 3 is 3.00 bits per heavy atom. The summed E-state index contributed by atoms with van der Waals surface area (Å²) in [6.07, 6.45) is 0. The maximum atomic E-state index is 12.1. The molecule has 5 heteroatoms. The SMILES string of the molecule is Cc1ccc(NC(=O)C2CNCCN2C)cc1Cl. The number of hydrogen-bond donors (Lipinski definition) is 2. The molecule has 0 radical (unpaired) electrons. The van der Waals surface area contributed by atoms with E-state index in [-0.39, 0.29) is 11.9 Å². The number of nitrogens with one attached hydrogen (secondary N) is 2. The smallest absolute Gasteiger partial charge is 0.243 e. The highest BCUT2D eigenvalue weighted by molar-refractivity contribution is 6.31. The molecule has 1 heterocycles. The van der Waals surface area contributed by atoms with Crippen molar-refractivity contribution in [3.8, 4) is 0 Å². The van der Waals surface area contributed by atoms with Gasteiger partial charge in [0.05, 0.1) is 0 Å². The standard InChI is InChI=1S/C13H18ClN3O/c1-9-3-4-10(7-11(9)14)16-13(18)12-8-15-5-6-17(12)2/h3-4,7,12,15H,5-6,8H2,1-2H3,(H,16,18). The Morgan fingerprint density at radius 1 is 1.56 bits per heavy atom. The number of carbonyl (C=O) groups excluding carboxylic acids is 1. The minimum absolute atomic E-state index is 0.00428. The molecule has 0 aliphatic carbocycles. The highest BCUT2D eigenvalue weighted by Gasteiger charge is 2.25. The van der Waals surface area contributed by atoms with Gasteiger partial charge < -0.3 is 10.6 Å². The summed E-state index contributed by atoms with van der Waals surface area (Å²) in [5, 5.41) is 6.80. The lowest BCUT2D eigenvalue weighted by atomic mass is 10.1. The van der Waals surface area contributed by atoms with Crippen LogP contribution in [0.15, 0.2) is 18.2 Å². The number of nitrogens with zero attached hydrogens (tertiary/aromatic N) is 1. The molecule has 1 aromatic rings. The first kappa shape index (κ1) is 13.3. The molecule has 2 N–H and O–H groups in total. The molecule has 1 aromatic carbocycles. The van der Waals surface area contributed by atoms with E-state index in [4.69, 9.17) is 11.6 Å². The van der Waals surface area contributed by atoms with Crippen molar-refractivity contribution in [1.82, 2.24) is 10.2 Å². The second kappa shape index (κ2) is 5.69. The number of piperazine rings is 1. The van der Waals surface area contributed by atoms with Gasteiger partial charge in [0.2, 0.25) is 5.91 Å². The molecule has 1 atom stereocenters. The summed E-state index contributed by atoms with van der Waals surface area (Å²) in [5.41, 5.74) is 1.75. The molecule has 2 rings (SSSR count). The molecular formula is C13H18ClN3O. The highest BCUT2D eigenvalue weighted by atomic mass is 35.5. The second-order valence-corrected chi connectivity index (χ2v) is 5.06. The normalized spacial score (nSPS) is 20.7. The average molecular weight is 268 g/mol. The minimum atomic E-state index is -0.126. The van der Waals surface area contributed by atoms with E-state index in [9.17, 15) is 4.79 Å². The molecule has 1 saturated heterocycles. The summed E-state index contributed by atoms with van der Waals surface area (Å²) in [6.45, 7) is 4.43. The Morgan fingerprint density at radius 2 is 2.33 bits per heavy atom. The first-order chi connectivity index (χ1) is 8.58. The van der Waals surface area contributed by atoms with Crippen LogP contribution >= 0.6 is 11.6 Å². The van der Waals surface area contributed by atoms with Crippen LogP contribution in [0.3, 0.4) is 0 Å². The number of hydrogen-bond acceptors (Lipinski definition) is 3. The van der Waals surface area contributed by atoms with E-state index in [1.165, 1.54) is 0 Å². The zero-order chi connectivity index (χ0) is 13.1. The summed E-state index contributed by atoms with van der Waals surface area (Å²) in [6, 6.07) is 5.43. The van der Waals surface area contributed by atoms with Crippen LogP contribution in [-0.2, 0) is 4.79 Å². The van der Waals surface area contributed by atoms with Gasteiger partial charge in [-0.15, -0.1) is 0 Å². The van der Waals surface area contributed by atoms with Crippen LogP contribution in [0, 0.1) is 6.92 Å². The van der Waals surface area contributed by atoms with Gasteiger partial charge in [0.1, 0.15) is 6.04 Å². The van der Waals surface area contributed by atoms with Gasteiger partial charge in [-0.2, -0.15) is 0 Å². The largest absolute Gasteiger partial charge is 0.325 e. The molecular weight excluding hydrogens is 250 g/mol. The van der Waals surface area contributed by atoms with E-state index in [1.807, 2.05) is 26.1 Å². The summed E-state index contributed by atoms with van der Waals surface area (Å²) in [7, 11) is 1.97. The summed E-state index contributed by atoms with van der Waals surface area (Å²) < 4.78 is 0. The number of benzene rings is 1. The van der Waals surface area contributed by atoms with Gasteiger partial charge in [0.25, 0.3) is 0 Å². The van der Waals surface area contributed by atoms with Crippen molar-refractivity contribution < 1.29 is 4.79 Å². The Labute approximate surface area is 112 Å². The van der Waals surface area contributed by atoms with Crippen molar-refractivity contribution in [2.45, 2.75) is 13.0 Å². The Kier molecular flexibility index (Phi) is 4.22. The van der Waals surface area contributed by atoms with E-state index >= 15 is 0 Å². The Bertz CT molecular complexity index is 450. The Balaban J connectivity index is 2.04. The van der Waals surface area contributed by atoms with Crippen molar-refractivity contribution >= 4 is 23.2 Å². The van der Waals surface area contributed by atoms with Crippen molar-refractivity contribution in [2.75, 3.05) is 32.0 Å². The van der Waals surface area contributed by atoms with E-state index in [2.05, 4.69) is 15.5 Å². The van der Waals surface area contributed by atoms with Crippen LogP contribution in [0.5, 0.6) is 0 Å². The molecule has 1 aliphatic heterocycles. The number of aryl methyl sites for hydroxylation is 1. The third-order valence-corrected chi connectivity index (χ3v) is 3.66. The van der Waals surface area contributed by atoms with Gasteiger partial charge in [-0.1, -0.05) is 17.7 Å². The average Bonchev–Trinajstić information content (AvgIpc) is 2.34. The van der Waals surface area contributed by atoms with Gasteiger partial charge in [0.15, 0.2) is 0 Å². The number of rotatable bonds is 2. The lowest BCUT2D eigenvalue weighted by molar-refractivity contribution is -0.121. The molecule has 1 fully saturated rings. The molecule has 0 aromatic heterocycles. The predicted molar refractivity (Wildman–Crippen MR) is 74.1 cm³/mol. The van der Waals surface area contributed by atoms with Crippen LogP contribution < -0.4 is 10.6 Å². The van der Waals surface area contributed by atoms with Gasteiger partial charge in [-0.3, -0.25) is 9.69 Å². The van der Waals surface area contributed by atoms with Crippen molar-refractivity contribution in [2.24, 2.45) is 0 Å². The maximum absolute atomic E-state index is 12.1. The quantitative estimate of drug-likeness (QED) is 0.853. The fraction of sp³-hybridized carbons (Fsp3) is 0.462. The van der Waals surface area contributed by atoms with Crippen molar-refractivity contribution in [3.05, 3.63) is 28.8 Å². The van der Waals surface area contributed by atoms with Crippen LogP contribution in [-0.4, -0.2) is 43.5 Å². The molecule has 18 heavy (non-hydrogen) atoms. The predicted octanol–water partition coefficient (Wildman–Crippen LogP) is 1.49. The third kappa shape index (κ3) is 3.02. The monoisotopic (exact) mass is 267 g/mol. The first-order valence-electron chi connectivity index (χ1n) is 6.06. The van der Waals surface area contributed by atoms with Crippen molar-refractivity contribution in [1.29, 1.82) is 0 Å². The topological polar surface area (TPSA) is 44.4 Å². The lowest BCUT2D eigenvalue weighted by Gasteiger charge is -2.31. The van der Waals surface area contributed by atoms with Crippen molar-refractivity contribution in [3.63, 3.8) is 0 Å². The van der Waals surface area contributed by atoms with Gasteiger partial charge in [-0.25, -0.2) is 0 Å². The maximum Gasteiger partial charge on any atom is 0.243 e. The third-order valence-electron chi connectivity index (χ3n) is 3.25. The Hall–Kier alpha value is -1.10. The van der Waals surface area contributed by atoms with E-state index in [0.717, 1.165) is 24.3 Å². The molecule has 1 aliphatic rings. The van der Waals surface area contributed by atoms with E-state index < -0.39 is 0 Å². The molecule has 1 amide bonds. The van der Waals surface area contributed by atoms with Gasteiger partial charge in [0, 0.05) is 30.3 Å². The van der Waals surface area contributed by atoms with E-state index in [1.54, 1.807) is 6.07 Å². The van der Waals surface area contributed by atoms with Crippen LogP contribution in [0.25, 0.3) is 0 Å². The van der Waals surface area contributed by atoms with Gasteiger partial charge >= 0.3 is 0 Å².